The number of halogens is 2. The lowest BCUT2D eigenvalue weighted by molar-refractivity contribution is 0.402. The molecule has 0 spiro atoms. The average molecular weight is 340 g/mol. The Labute approximate surface area is 129 Å². The van der Waals surface area contributed by atoms with Crippen LogP contribution in [0.25, 0.3) is 0 Å². The van der Waals surface area contributed by atoms with E-state index in [1.54, 1.807) is 0 Å². The van der Waals surface area contributed by atoms with E-state index in [9.17, 15) is 4.39 Å². The average Bonchev–Trinajstić information content (AvgIpc) is 2.92. The molecule has 2 aliphatic rings. The number of rotatable bonds is 6. The molecule has 20 heavy (non-hydrogen) atoms. The Hall–Kier alpha value is -0.410. The van der Waals surface area contributed by atoms with Crippen molar-refractivity contribution < 1.29 is 4.39 Å². The first-order chi connectivity index (χ1) is 9.72. The van der Waals surface area contributed by atoms with Crippen molar-refractivity contribution in [3.63, 3.8) is 0 Å². The van der Waals surface area contributed by atoms with Gasteiger partial charge in [-0.05, 0) is 77.5 Å². The van der Waals surface area contributed by atoms with Crippen LogP contribution in [0.3, 0.4) is 0 Å². The Bertz CT molecular complexity index is 466. The summed E-state index contributed by atoms with van der Waals surface area (Å²) in [7, 11) is 0. The largest absolute Gasteiger partial charge is 0.313 e. The van der Waals surface area contributed by atoms with Crippen LogP contribution in [0.2, 0.25) is 0 Å². The summed E-state index contributed by atoms with van der Waals surface area (Å²) in [5, 5.41) is 3.71. The molecule has 0 saturated heterocycles. The van der Waals surface area contributed by atoms with E-state index >= 15 is 0 Å². The van der Waals surface area contributed by atoms with Gasteiger partial charge in [0.1, 0.15) is 5.82 Å². The quantitative estimate of drug-likeness (QED) is 0.801. The summed E-state index contributed by atoms with van der Waals surface area (Å²) in [5.41, 5.74) is 1.10. The standard InChI is InChI=1S/C17H23BrFN/c1-2-9-20-15(16-12-6-4-7-13(12)16)10-11-5-3-8-14(19)17(11)18/h3,5,8,12-13,15-16,20H,2,4,6-7,9-10H2,1H3. The van der Waals surface area contributed by atoms with E-state index in [2.05, 4.69) is 28.2 Å². The van der Waals surface area contributed by atoms with Gasteiger partial charge in [-0.15, -0.1) is 0 Å². The Morgan fingerprint density at radius 3 is 2.80 bits per heavy atom. The molecule has 0 heterocycles. The van der Waals surface area contributed by atoms with E-state index < -0.39 is 0 Å². The zero-order valence-electron chi connectivity index (χ0n) is 12.0. The number of benzene rings is 1. The minimum Gasteiger partial charge on any atom is -0.313 e. The van der Waals surface area contributed by atoms with Gasteiger partial charge in [-0.1, -0.05) is 25.5 Å². The molecule has 3 unspecified atom stereocenters. The highest BCUT2D eigenvalue weighted by molar-refractivity contribution is 9.10. The maximum Gasteiger partial charge on any atom is 0.137 e. The fourth-order valence-electron chi connectivity index (χ4n) is 4.09. The smallest absolute Gasteiger partial charge is 0.137 e. The van der Waals surface area contributed by atoms with Gasteiger partial charge in [-0.25, -0.2) is 4.39 Å². The highest BCUT2D eigenvalue weighted by atomic mass is 79.9. The van der Waals surface area contributed by atoms with Gasteiger partial charge in [0.2, 0.25) is 0 Å². The van der Waals surface area contributed by atoms with Crippen molar-refractivity contribution in [1.29, 1.82) is 0 Å². The molecule has 0 radical (unpaired) electrons. The van der Waals surface area contributed by atoms with Crippen LogP contribution < -0.4 is 5.32 Å². The van der Waals surface area contributed by atoms with E-state index in [-0.39, 0.29) is 5.82 Å². The molecule has 110 valence electrons. The Morgan fingerprint density at radius 1 is 1.35 bits per heavy atom. The van der Waals surface area contributed by atoms with Crippen molar-refractivity contribution in [1.82, 2.24) is 5.32 Å². The van der Waals surface area contributed by atoms with Crippen LogP contribution in [0.1, 0.15) is 38.2 Å². The molecule has 2 saturated carbocycles. The van der Waals surface area contributed by atoms with Gasteiger partial charge in [0.15, 0.2) is 0 Å². The van der Waals surface area contributed by atoms with E-state index in [0.717, 1.165) is 42.7 Å². The van der Waals surface area contributed by atoms with Crippen LogP contribution in [-0.2, 0) is 6.42 Å². The maximum atomic E-state index is 13.7. The van der Waals surface area contributed by atoms with Gasteiger partial charge < -0.3 is 5.32 Å². The molecule has 3 heteroatoms. The summed E-state index contributed by atoms with van der Waals surface area (Å²) < 4.78 is 14.3. The van der Waals surface area contributed by atoms with Crippen LogP contribution in [-0.4, -0.2) is 12.6 Å². The van der Waals surface area contributed by atoms with Gasteiger partial charge in [-0.3, -0.25) is 0 Å². The Balaban J connectivity index is 1.71. The molecular formula is C17H23BrFN. The monoisotopic (exact) mass is 339 g/mol. The van der Waals surface area contributed by atoms with E-state index in [1.807, 2.05) is 12.1 Å². The Morgan fingerprint density at radius 2 is 2.10 bits per heavy atom. The van der Waals surface area contributed by atoms with Crippen molar-refractivity contribution >= 4 is 15.9 Å². The molecule has 1 N–H and O–H groups in total. The highest BCUT2D eigenvalue weighted by Crippen LogP contribution is 2.59. The maximum absolute atomic E-state index is 13.7. The fraction of sp³-hybridized carbons (Fsp3) is 0.647. The van der Waals surface area contributed by atoms with Crippen molar-refractivity contribution in [2.24, 2.45) is 17.8 Å². The molecule has 3 atom stereocenters. The summed E-state index contributed by atoms with van der Waals surface area (Å²) in [6, 6.07) is 5.91. The summed E-state index contributed by atoms with van der Waals surface area (Å²) >= 11 is 3.40. The molecule has 2 fully saturated rings. The molecular weight excluding hydrogens is 317 g/mol. The normalized spacial score (nSPS) is 29.2. The summed E-state index contributed by atoms with van der Waals surface area (Å²) in [4.78, 5) is 0. The SMILES string of the molecule is CCCNC(Cc1cccc(F)c1Br)C1C2CCCC21. The van der Waals surface area contributed by atoms with Crippen LogP contribution in [0.4, 0.5) is 4.39 Å². The number of hydrogen-bond acceptors (Lipinski definition) is 1. The third-order valence-corrected chi connectivity index (χ3v) is 5.95. The molecule has 3 rings (SSSR count). The van der Waals surface area contributed by atoms with E-state index in [0.29, 0.717) is 10.5 Å². The second-order valence-electron chi connectivity index (χ2n) is 6.31. The minimum absolute atomic E-state index is 0.146. The second kappa shape index (κ2) is 6.15. The zero-order valence-corrected chi connectivity index (χ0v) is 13.6. The molecule has 1 aromatic rings. The number of fused-ring (bicyclic) bond motifs is 1. The van der Waals surface area contributed by atoms with Crippen LogP contribution in [0.15, 0.2) is 22.7 Å². The van der Waals surface area contributed by atoms with Gasteiger partial charge >= 0.3 is 0 Å². The first kappa shape index (κ1) is 14.5. The van der Waals surface area contributed by atoms with Crippen molar-refractivity contribution in [3.05, 3.63) is 34.1 Å². The summed E-state index contributed by atoms with van der Waals surface area (Å²) in [5.74, 6) is 2.56. The summed E-state index contributed by atoms with van der Waals surface area (Å²) in [6.07, 6.45) is 6.32. The minimum atomic E-state index is -0.146. The molecule has 0 bridgehead atoms. The van der Waals surface area contributed by atoms with Gasteiger partial charge in [0, 0.05) is 6.04 Å². The zero-order chi connectivity index (χ0) is 14.1. The van der Waals surface area contributed by atoms with Crippen LogP contribution in [0, 0.1) is 23.6 Å². The number of nitrogens with one attached hydrogen (secondary N) is 1. The lowest BCUT2D eigenvalue weighted by Crippen LogP contribution is -2.35. The second-order valence-corrected chi connectivity index (χ2v) is 7.11. The lowest BCUT2D eigenvalue weighted by atomic mass is 9.97. The van der Waals surface area contributed by atoms with Crippen LogP contribution >= 0.6 is 15.9 Å². The van der Waals surface area contributed by atoms with Gasteiger partial charge in [0.25, 0.3) is 0 Å². The topological polar surface area (TPSA) is 12.0 Å². The first-order valence-electron chi connectivity index (χ1n) is 7.88. The molecule has 2 aliphatic carbocycles. The number of hydrogen-bond donors (Lipinski definition) is 1. The molecule has 1 nitrogen and oxygen atoms in total. The van der Waals surface area contributed by atoms with Gasteiger partial charge in [0.05, 0.1) is 4.47 Å². The molecule has 0 aliphatic heterocycles. The molecule has 0 aromatic heterocycles. The molecule has 1 aromatic carbocycles. The van der Waals surface area contributed by atoms with E-state index in [1.165, 1.54) is 25.3 Å². The predicted octanol–water partition coefficient (Wildman–Crippen LogP) is 4.55. The fourth-order valence-corrected chi connectivity index (χ4v) is 4.52. The van der Waals surface area contributed by atoms with Crippen molar-refractivity contribution in [3.8, 4) is 0 Å². The van der Waals surface area contributed by atoms with E-state index in [4.69, 9.17) is 0 Å². The third-order valence-electron chi connectivity index (χ3n) is 5.07. The summed E-state index contributed by atoms with van der Waals surface area (Å²) in [6.45, 7) is 3.27. The van der Waals surface area contributed by atoms with Gasteiger partial charge in [-0.2, -0.15) is 0 Å². The van der Waals surface area contributed by atoms with Crippen molar-refractivity contribution in [2.75, 3.05) is 6.54 Å². The Kier molecular flexibility index (Phi) is 4.46. The lowest BCUT2D eigenvalue weighted by Gasteiger charge is -2.21. The van der Waals surface area contributed by atoms with Crippen LogP contribution in [0.5, 0.6) is 0 Å². The molecule has 0 amide bonds. The first-order valence-corrected chi connectivity index (χ1v) is 8.68. The van der Waals surface area contributed by atoms with Crippen molar-refractivity contribution in [2.45, 2.75) is 45.1 Å². The highest BCUT2D eigenvalue weighted by Gasteiger charge is 2.55. The third kappa shape index (κ3) is 2.80. The predicted molar refractivity (Wildman–Crippen MR) is 84.2 cm³/mol.